The summed E-state index contributed by atoms with van der Waals surface area (Å²) in [5.41, 5.74) is 1.51. The number of halogens is 3. The van der Waals surface area contributed by atoms with E-state index < -0.39 is 18.6 Å². The van der Waals surface area contributed by atoms with E-state index in [0.29, 0.717) is 12.1 Å². The molecule has 0 fully saturated rings. The topological polar surface area (TPSA) is 33.2 Å². The van der Waals surface area contributed by atoms with Gasteiger partial charge in [-0.1, -0.05) is 30.3 Å². The van der Waals surface area contributed by atoms with Crippen molar-refractivity contribution in [3.8, 4) is 0 Å². The van der Waals surface area contributed by atoms with Crippen LogP contribution in [0.2, 0.25) is 0 Å². The zero-order valence-corrected chi connectivity index (χ0v) is 12.7. The molecule has 0 saturated carbocycles. The van der Waals surface area contributed by atoms with Gasteiger partial charge in [0.05, 0.1) is 5.69 Å². The highest BCUT2D eigenvalue weighted by molar-refractivity contribution is 7.14. The minimum Gasteiger partial charge on any atom is -0.279 e. The predicted molar refractivity (Wildman–Crippen MR) is 80.0 cm³/mol. The first-order valence-electron chi connectivity index (χ1n) is 6.68. The molecule has 0 bridgehead atoms. The van der Waals surface area contributed by atoms with Crippen LogP contribution in [-0.4, -0.2) is 23.6 Å². The normalized spacial score (nSPS) is 11.5. The van der Waals surface area contributed by atoms with Gasteiger partial charge >= 0.3 is 6.18 Å². The smallest absolute Gasteiger partial charge is 0.279 e. The zero-order chi connectivity index (χ0) is 16.2. The molecule has 0 radical (unpaired) electrons. The molecule has 118 valence electrons. The van der Waals surface area contributed by atoms with Gasteiger partial charge in [0.15, 0.2) is 5.13 Å². The van der Waals surface area contributed by atoms with Gasteiger partial charge in [0.25, 0.3) is 0 Å². The maximum Gasteiger partial charge on any atom is 0.406 e. The number of aromatic nitrogens is 1. The quantitative estimate of drug-likeness (QED) is 0.832. The summed E-state index contributed by atoms with van der Waals surface area (Å²) in [7, 11) is 0. The molecule has 0 aliphatic heterocycles. The van der Waals surface area contributed by atoms with Gasteiger partial charge in [0, 0.05) is 11.8 Å². The van der Waals surface area contributed by atoms with Crippen molar-refractivity contribution in [2.75, 3.05) is 11.4 Å². The Labute approximate surface area is 130 Å². The van der Waals surface area contributed by atoms with Gasteiger partial charge in [-0.2, -0.15) is 13.2 Å². The van der Waals surface area contributed by atoms with Crippen LogP contribution in [0.4, 0.5) is 18.3 Å². The van der Waals surface area contributed by atoms with Gasteiger partial charge in [-0.3, -0.25) is 9.69 Å². The fourth-order valence-corrected chi connectivity index (χ4v) is 2.76. The lowest BCUT2D eigenvalue weighted by Crippen LogP contribution is -2.39. The van der Waals surface area contributed by atoms with E-state index in [1.165, 1.54) is 0 Å². The van der Waals surface area contributed by atoms with Crippen molar-refractivity contribution >= 4 is 22.4 Å². The third-order valence-electron chi connectivity index (χ3n) is 2.95. The van der Waals surface area contributed by atoms with E-state index >= 15 is 0 Å². The number of hydrogen-bond acceptors (Lipinski definition) is 3. The molecule has 0 spiro atoms. The van der Waals surface area contributed by atoms with Gasteiger partial charge in [-0.25, -0.2) is 4.98 Å². The second-order valence-corrected chi connectivity index (χ2v) is 5.69. The number of anilines is 1. The summed E-state index contributed by atoms with van der Waals surface area (Å²) in [5, 5.41) is 1.72. The number of rotatable bonds is 5. The molecule has 22 heavy (non-hydrogen) atoms. The van der Waals surface area contributed by atoms with E-state index in [4.69, 9.17) is 0 Å². The van der Waals surface area contributed by atoms with E-state index in [1.807, 2.05) is 30.3 Å². The van der Waals surface area contributed by atoms with Gasteiger partial charge in [0.2, 0.25) is 5.91 Å². The van der Waals surface area contributed by atoms with Gasteiger partial charge in [-0.05, 0) is 18.9 Å². The van der Waals surface area contributed by atoms with Crippen molar-refractivity contribution in [2.45, 2.75) is 25.9 Å². The average Bonchev–Trinajstić information content (AvgIpc) is 2.89. The average molecular weight is 328 g/mol. The molecule has 0 atom stereocenters. The molecule has 1 heterocycles. The van der Waals surface area contributed by atoms with E-state index in [9.17, 15) is 18.0 Å². The number of carbonyl (C=O) groups is 1. The van der Waals surface area contributed by atoms with E-state index in [0.717, 1.165) is 21.8 Å². The Bertz CT molecular complexity index is 625. The molecule has 3 nitrogen and oxygen atoms in total. The van der Waals surface area contributed by atoms with Crippen LogP contribution in [-0.2, 0) is 11.2 Å². The first-order chi connectivity index (χ1) is 10.3. The lowest BCUT2D eigenvalue weighted by molar-refractivity contribution is -0.132. The Balaban J connectivity index is 2.09. The van der Waals surface area contributed by atoms with Crippen molar-refractivity contribution in [2.24, 2.45) is 0 Å². The lowest BCUT2D eigenvalue weighted by Gasteiger charge is -2.21. The number of alkyl halides is 3. The van der Waals surface area contributed by atoms with E-state index in [1.54, 1.807) is 12.3 Å². The molecular weight excluding hydrogens is 313 g/mol. The molecule has 7 heteroatoms. The number of benzene rings is 1. The number of aryl methyl sites for hydroxylation is 2. The lowest BCUT2D eigenvalue weighted by atomic mass is 10.1. The predicted octanol–water partition coefficient (Wildman–Crippen LogP) is 3.98. The maximum atomic E-state index is 12.7. The second-order valence-electron chi connectivity index (χ2n) is 4.85. The van der Waals surface area contributed by atoms with Gasteiger partial charge in [0.1, 0.15) is 6.54 Å². The van der Waals surface area contributed by atoms with Crippen LogP contribution in [0.5, 0.6) is 0 Å². The molecule has 2 rings (SSSR count). The monoisotopic (exact) mass is 328 g/mol. The number of amides is 1. The second kappa shape index (κ2) is 6.91. The summed E-state index contributed by atoms with van der Waals surface area (Å²) in [4.78, 5) is 16.9. The summed E-state index contributed by atoms with van der Waals surface area (Å²) < 4.78 is 38.1. The highest BCUT2D eigenvalue weighted by Gasteiger charge is 2.34. The Hall–Kier alpha value is -1.89. The third kappa shape index (κ3) is 4.84. The van der Waals surface area contributed by atoms with Crippen LogP contribution in [0.15, 0.2) is 35.7 Å². The molecule has 0 aliphatic carbocycles. The van der Waals surface area contributed by atoms with Crippen molar-refractivity contribution in [1.82, 2.24) is 4.98 Å². The van der Waals surface area contributed by atoms with E-state index in [-0.39, 0.29) is 11.6 Å². The fourth-order valence-electron chi connectivity index (χ4n) is 1.94. The van der Waals surface area contributed by atoms with Gasteiger partial charge < -0.3 is 0 Å². The van der Waals surface area contributed by atoms with Crippen molar-refractivity contribution in [1.29, 1.82) is 0 Å². The number of nitrogens with zero attached hydrogens (tertiary/aromatic N) is 2. The Morgan fingerprint density at radius 2 is 1.95 bits per heavy atom. The molecular formula is C15H15F3N2OS. The number of hydrogen-bond donors (Lipinski definition) is 0. The molecule has 0 aliphatic rings. The van der Waals surface area contributed by atoms with Crippen LogP contribution >= 0.6 is 11.3 Å². The zero-order valence-electron chi connectivity index (χ0n) is 11.9. The molecule has 1 aromatic heterocycles. The number of carbonyl (C=O) groups excluding carboxylic acids is 1. The highest BCUT2D eigenvalue weighted by Crippen LogP contribution is 2.26. The van der Waals surface area contributed by atoms with Crippen LogP contribution in [0.1, 0.15) is 17.7 Å². The summed E-state index contributed by atoms with van der Waals surface area (Å²) in [6.45, 7) is 0.369. The maximum absolute atomic E-state index is 12.7. The van der Waals surface area contributed by atoms with Crippen LogP contribution in [0.25, 0.3) is 0 Å². The summed E-state index contributed by atoms with van der Waals surface area (Å²) in [5.74, 6) is -0.574. The Morgan fingerprint density at radius 3 is 2.50 bits per heavy atom. The van der Waals surface area contributed by atoms with Crippen molar-refractivity contribution < 1.29 is 18.0 Å². The first-order valence-corrected chi connectivity index (χ1v) is 7.56. The molecule has 1 aromatic carbocycles. The summed E-state index contributed by atoms with van der Waals surface area (Å²) >= 11 is 1.04. The summed E-state index contributed by atoms with van der Waals surface area (Å²) in [6.07, 6.45) is -4.04. The Kier molecular flexibility index (Phi) is 5.18. The van der Waals surface area contributed by atoms with Crippen molar-refractivity contribution in [3.63, 3.8) is 0 Å². The molecule has 0 N–H and O–H groups in total. The van der Waals surface area contributed by atoms with Gasteiger partial charge in [-0.15, -0.1) is 11.3 Å². The SMILES string of the molecule is Cc1csc(N(CC(F)(F)F)C(=O)CCc2ccccc2)n1. The first kappa shape index (κ1) is 16.5. The van der Waals surface area contributed by atoms with Crippen molar-refractivity contribution in [3.05, 3.63) is 47.0 Å². The molecule has 0 saturated heterocycles. The fraction of sp³-hybridized carbons (Fsp3) is 0.333. The highest BCUT2D eigenvalue weighted by atomic mass is 32.1. The summed E-state index contributed by atoms with van der Waals surface area (Å²) in [6, 6.07) is 9.19. The minimum absolute atomic E-state index is 0.0126. The molecule has 2 aromatic rings. The van der Waals surface area contributed by atoms with E-state index in [2.05, 4.69) is 4.98 Å². The van der Waals surface area contributed by atoms with Crippen LogP contribution in [0.3, 0.4) is 0 Å². The Morgan fingerprint density at radius 1 is 1.27 bits per heavy atom. The largest absolute Gasteiger partial charge is 0.406 e. The minimum atomic E-state index is -4.46. The molecule has 1 amide bonds. The standard InChI is InChI=1S/C15H15F3N2OS/c1-11-9-22-14(19-11)20(10-15(16,17)18)13(21)8-7-12-5-3-2-4-6-12/h2-6,9H,7-8,10H2,1H3. The number of thiazole rings is 1. The molecule has 0 unspecified atom stereocenters. The van der Waals surface area contributed by atoms with Crippen LogP contribution in [0, 0.1) is 6.92 Å². The third-order valence-corrected chi connectivity index (χ3v) is 3.93. The van der Waals surface area contributed by atoms with Crippen LogP contribution < -0.4 is 4.90 Å².